The number of aromatic nitrogens is 1. The molecule has 1 aromatic carbocycles. The van der Waals surface area contributed by atoms with Gasteiger partial charge in [-0.2, -0.15) is 5.10 Å². The zero-order chi connectivity index (χ0) is 12.3. The molecule has 4 N–H and O–H groups in total. The van der Waals surface area contributed by atoms with E-state index in [-0.39, 0.29) is 5.75 Å². The number of phenols is 1. The molecule has 0 saturated heterocycles. The van der Waals surface area contributed by atoms with Crippen molar-refractivity contribution in [3.63, 3.8) is 0 Å². The van der Waals surface area contributed by atoms with Crippen LogP contribution in [0.25, 0.3) is 0 Å². The third-order valence-corrected chi connectivity index (χ3v) is 2.97. The number of nitrogens with one attached hydrogen (secondary N) is 1. The van der Waals surface area contributed by atoms with Gasteiger partial charge >= 0.3 is 0 Å². The lowest BCUT2D eigenvalue weighted by molar-refractivity contribution is 0.475. The highest BCUT2D eigenvalue weighted by Gasteiger charge is 1.99. The molecule has 17 heavy (non-hydrogen) atoms. The first-order valence-electron chi connectivity index (χ1n) is 4.64. The number of halogens is 1. The van der Waals surface area contributed by atoms with Crippen LogP contribution in [0.4, 0.5) is 10.9 Å². The molecular formula is C10H9ClN4OS. The minimum absolute atomic E-state index is 0.134. The molecule has 88 valence electrons. The topological polar surface area (TPSA) is 83.5 Å². The molecule has 0 unspecified atom stereocenters. The number of hydrogen-bond acceptors (Lipinski definition) is 6. The van der Waals surface area contributed by atoms with E-state index in [2.05, 4.69) is 15.5 Å². The van der Waals surface area contributed by atoms with E-state index in [0.29, 0.717) is 21.5 Å². The zero-order valence-electron chi connectivity index (χ0n) is 8.59. The lowest BCUT2D eigenvalue weighted by Gasteiger charge is -1.98. The summed E-state index contributed by atoms with van der Waals surface area (Å²) >= 11 is 7.27. The summed E-state index contributed by atoms with van der Waals surface area (Å²) in [5.74, 6) is 0.581. The molecule has 0 bridgehead atoms. The first-order chi connectivity index (χ1) is 8.15. The van der Waals surface area contributed by atoms with E-state index in [1.54, 1.807) is 11.4 Å². The summed E-state index contributed by atoms with van der Waals surface area (Å²) in [6, 6.07) is 4.62. The fraction of sp³-hybridized carbons (Fsp3) is 0. The van der Waals surface area contributed by atoms with Gasteiger partial charge in [-0.05, 0) is 18.2 Å². The summed E-state index contributed by atoms with van der Waals surface area (Å²) in [5, 5.41) is 16.0. The Morgan fingerprint density at radius 2 is 2.35 bits per heavy atom. The predicted octanol–water partition coefficient (Wildman–Crippen LogP) is 2.53. The van der Waals surface area contributed by atoms with Crippen LogP contribution in [0.15, 0.2) is 28.7 Å². The summed E-state index contributed by atoms with van der Waals surface area (Å²) in [6.07, 6.45) is 1.50. The van der Waals surface area contributed by atoms with Crippen molar-refractivity contribution in [2.45, 2.75) is 0 Å². The normalized spacial score (nSPS) is 10.9. The third-order valence-electron chi connectivity index (χ3n) is 1.87. The van der Waals surface area contributed by atoms with Crippen LogP contribution in [0, 0.1) is 0 Å². The van der Waals surface area contributed by atoms with Gasteiger partial charge in [0.1, 0.15) is 11.6 Å². The molecule has 2 aromatic rings. The molecule has 0 aliphatic carbocycles. The average Bonchev–Trinajstić information content (AvgIpc) is 2.69. The van der Waals surface area contributed by atoms with Gasteiger partial charge in [0.15, 0.2) is 0 Å². The number of benzene rings is 1. The van der Waals surface area contributed by atoms with Crippen molar-refractivity contribution in [1.29, 1.82) is 0 Å². The van der Waals surface area contributed by atoms with Gasteiger partial charge in [-0.1, -0.05) is 11.6 Å². The van der Waals surface area contributed by atoms with Crippen LogP contribution in [-0.4, -0.2) is 16.3 Å². The van der Waals surface area contributed by atoms with Crippen molar-refractivity contribution in [2.24, 2.45) is 5.10 Å². The number of nitrogen functional groups attached to an aromatic ring is 1. The van der Waals surface area contributed by atoms with Crippen molar-refractivity contribution in [1.82, 2.24) is 4.98 Å². The molecule has 0 fully saturated rings. The van der Waals surface area contributed by atoms with E-state index in [1.165, 1.54) is 29.7 Å². The Hall–Kier alpha value is -1.79. The molecule has 0 aliphatic heterocycles. The van der Waals surface area contributed by atoms with E-state index < -0.39 is 0 Å². The summed E-state index contributed by atoms with van der Waals surface area (Å²) in [6.45, 7) is 0. The van der Waals surface area contributed by atoms with Crippen molar-refractivity contribution in [3.8, 4) is 5.75 Å². The Bertz CT molecular complexity index is 555. The van der Waals surface area contributed by atoms with E-state index in [1.807, 2.05) is 0 Å². The Morgan fingerprint density at radius 1 is 1.53 bits per heavy atom. The average molecular weight is 269 g/mol. The lowest BCUT2D eigenvalue weighted by atomic mass is 10.2. The first kappa shape index (κ1) is 11.7. The van der Waals surface area contributed by atoms with Crippen molar-refractivity contribution < 1.29 is 5.11 Å². The predicted molar refractivity (Wildman–Crippen MR) is 70.9 cm³/mol. The van der Waals surface area contributed by atoms with E-state index in [9.17, 15) is 5.11 Å². The summed E-state index contributed by atoms with van der Waals surface area (Å²) < 4.78 is 0. The lowest BCUT2D eigenvalue weighted by Crippen LogP contribution is -1.91. The number of hydrogen-bond donors (Lipinski definition) is 3. The van der Waals surface area contributed by atoms with Crippen LogP contribution in [0.3, 0.4) is 0 Å². The fourth-order valence-corrected chi connectivity index (χ4v) is 1.84. The van der Waals surface area contributed by atoms with Gasteiger partial charge in [-0.15, -0.1) is 11.3 Å². The maximum absolute atomic E-state index is 9.29. The molecule has 5 nitrogen and oxygen atoms in total. The molecule has 1 heterocycles. The number of hydrazone groups is 1. The van der Waals surface area contributed by atoms with E-state index in [4.69, 9.17) is 17.3 Å². The van der Waals surface area contributed by atoms with E-state index >= 15 is 0 Å². The quantitative estimate of drug-likeness (QED) is 0.590. The van der Waals surface area contributed by atoms with Crippen LogP contribution in [0.5, 0.6) is 5.75 Å². The molecule has 1 aromatic heterocycles. The molecule has 0 atom stereocenters. The van der Waals surface area contributed by atoms with Crippen LogP contribution in [0.2, 0.25) is 5.02 Å². The largest absolute Gasteiger partial charge is 0.508 e. The molecule has 0 spiro atoms. The van der Waals surface area contributed by atoms with E-state index in [0.717, 1.165) is 0 Å². The molecule has 0 saturated carbocycles. The Morgan fingerprint density at radius 3 is 3.06 bits per heavy atom. The number of phenolic OH excluding ortho intramolecular Hbond substituents is 1. The van der Waals surface area contributed by atoms with Crippen LogP contribution in [-0.2, 0) is 0 Å². The molecule has 2 rings (SSSR count). The number of nitrogens with two attached hydrogens (primary N) is 1. The summed E-state index contributed by atoms with van der Waals surface area (Å²) in [5.41, 5.74) is 8.79. The van der Waals surface area contributed by atoms with Gasteiger partial charge in [-0.3, -0.25) is 5.43 Å². The minimum atomic E-state index is 0.134. The first-order valence-corrected chi connectivity index (χ1v) is 5.89. The zero-order valence-corrected chi connectivity index (χ0v) is 10.2. The highest BCUT2D eigenvalue weighted by Crippen LogP contribution is 2.20. The number of rotatable bonds is 3. The Labute approximate surface area is 107 Å². The second-order valence-electron chi connectivity index (χ2n) is 3.15. The van der Waals surface area contributed by atoms with Gasteiger partial charge in [-0.25, -0.2) is 4.98 Å². The second kappa shape index (κ2) is 5.03. The number of thiazole rings is 1. The Kier molecular flexibility index (Phi) is 3.46. The van der Waals surface area contributed by atoms with Crippen LogP contribution >= 0.6 is 22.9 Å². The number of anilines is 2. The second-order valence-corrected chi connectivity index (χ2v) is 4.42. The smallest absolute Gasteiger partial charge is 0.205 e. The van der Waals surface area contributed by atoms with Crippen molar-refractivity contribution in [2.75, 3.05) is 11.2 Å². The number of aromatic hydroxyl groups is 1. The van der Waals surface area contributed by atoms with Gasteiger partial charge in [0.2, 0.25) is 5.13 Å². The molecule has 0 aliphatic rings. The van der Waals surface area contributed by atoms with Crippen molar-refractivity contribution >= 4 is 40.1 Å². The standard InChI is InChI=1S/C10H9ClN4OS/c11-8-2-1-7(16)3-6(8)4-13-15-10-14-9(12)5-17-10/h1-5,16H,12H2,(H,14,15). The maximum atomic E-state index is 9.29. The maximum Gasteiger partial charge on any atom is 0.205 e. The highest BCUT2D eigenvalue weighted by atomic mass is 35.5. The minimum Gasteiger partial charge on any atom is -0.508 e. The monoisotopic (exact) mass is 268 g/mol. The highest BCUT2D eigenvalue weighted by molar-refractivity contribution is 7.14. The van der Waals surface area contributed by atoms with Crippen molar-refractivity contribution in [3.05, 3.63) is 34.2 Å². The number of nitrogens with zero attached hydrogens (tertiary/aromatic N) is 2. The molecule has 7 heteroatoms. The summed E-state index contributed by atoms with van der Waals surface area (Å²) in [7, 11) is 0. The van der Waals surface area contributed by atoms with Gasteiger partial charge in [0.05, 0.1) is 6.21 Å². The fourth-order valence-electron chi connectivity index (χ4n) is 1.12. The summed E-state index contributed by atoms with van der Waals surface area (Å²) in [4.78, 5) is 3.97. The van der Waals surface area contributed by atoms with Gasteiger partial charge in [0, 0.05) is 16.0 Å². The molecule has 0 radical (unpaired) electrons. The van der Waals surface area contributed by atoms with Gasteiger partial charge in [0.25, 0.3) is 0 Å². The SMILES string of the molecule is Nc1csc(NN=Cc2cc(O)ccc2Cl)n1. The van der Waals surface area contributed by atoms with Crippen LogP contribution < -0.4 is 11.2 Å². The van der Waals surface area contributed by atoms with Crippen LogP contribution in [0.1, 0.15) is 5.56 Å². The Balaban J connectivity index is 2.07. The molecule has 0 amide bonds. The molecular weight excluding hydrogens is 260 g/mol. The third kappa shape index (κ3) is 3.08. The van der Waals surface area contributed by atoms with Gasteiger partial charge < -0.3 is 10.8 Å².